The van der Waals surface area contributed by atoms with E-state index in [1.54, 1.807) is 0 Å². The van der Waals surface area contributed by atoms with Crippen LogP contribution in [0.4, 0.5) is 0 Å². The molecule has 1 nitrogen and oxygen atoms in total. The average Bonchev–Trinajstić information content (AvgIpc) is 2.41. The molecule has 15 heavy (non-hydrogen) atoms. The Balaban J connectivity index is 2.60. The van der Waals surface area contributed by atoms with Crippen LogP contribution in [0.3, 0.4) is 0 Å². The molecule has 1 aliphatic heterocycles. The maximum absolute atomic E-state index is 5.91. The highest BCUT2D eigenvalue weighted by Crippen LogP contribution is 2.37. The fraction of sp³-hybridized carbons (Fsp3) is 0.538. The minimum absolute atomic E-state index is 0.186. The summed E-state index contributed by atoms with van der Waals surface area (Å²) in [6, 6.07) is 6.64. The quantitative estimate of drug-likeness (QED) is 0.661. The molecule has 0 amide bonds. The molecule has 0 bridgehead atoms. The molecule has 0 saturated heterocycles. The SMILES string of the molecule is CC1(C)COc2c1cccc2[Si](C)(C)C. The number of rotatable bonds is 1. The summed E-state index contributed by atoms with van der Waals surface area (Å²) in [6.45, 7) is 12.5. The third-order valence-corrected chi connectivity index (χ3v) is 5.14. The van der Waals surface area contributed by atoms with Gasteiger partial charge in [-0.1, -0.05) is 51.7 Å². The molecule has 2 heteroatoms. The molecule has 0 N–H and O–H groups in total. The molecule has 0 atom stereocenters. The Labute approximate surface area is 93.5 Å². The van der Waals surface area contributed by atoms with Crippen molar-refractivity contribution >= 4 is 13.3 Å². The maximum atomic E-state index is 5.91. The van der Waals surface area contributed by atoms with Gasteiger partial charge in [0, 0.05) is 11.0 Å². The van der Waals surface area contributed by atoms with Crippen LogP contribution in [0.1, 0.15) is 19.4 Å². The van der Waals surface area contributed by atoms with Crippen LogP contribution in [-0.4, -0.2) is 14.7 Å². The molecular formula is C13H20OSi. The van der Waals surface area contributed by atoms with Gasteiger partial charge in [0.05, 0.1) is 14.7 Å². The lowest BCUT2D eigenvalue weighted by molar-refractivity contribution is 0.292. The van der Waals surface area contributed by atoms with E-state index in [0.717, 1.165) is 6.61 Å². The minimum atomic E-state index is -1.28. The highest BCUT2D eigenvalue weighted by molar-refractivity contribution is 6.89. The second kappa shape index (κ2) is 3.11. The normalized spacial score (nSPS) is 18.5. The van der Waals surface area contributed by atoms with Gasteiger partial charge in [-0.05, 0) is 5.19 Å². The van der Waals surface area contributed by atoms with Gasteiger partial charge in [0.1, 0.15) is 5.75 Å². The molecule has 82 valence electrons. The van der Waals surface area contributed by atoms with Crippen molar-refractivity contribution in [2.75, 3.05) is 6.61 Å². The molecule has 1 aromatic carbocycles. The van der Waals surface area contributed by atoms with E-state index in [4.69, 9.17) is 4.74 Å². The van der Waals surface area contributed by atoms with Crippen molar-refractivity contribution in [2.24, 2.45) is 0 Å². The minimum Gasteiger partial charge on any atom is -0.492 e. The lowest BCUT2D eigenvalue weighted by atomic mass is 9.87. The van der Waals surface area contributed by atoms with E-state index >= 15 is 0 Å². The van der Waals surface area contributed by atoms with Gasteiger partial charge in [-0.3, -0.25) is 0 Å². The molecule has 0 spiro atoms. The molecule has 0 unspecified atom stereocenters. The molecule has 0 fully saturated rings. The number of hydrogen-bond acceptors (Lipinski definition) is 1. The van der Waals surface area contributed by atoms with Crippen molar-refractivity contribution in [3.8, 4) is 5.75 Å². The van der Waals surface area contributed by atoms with Crippen LogP contribution in [-0.2, 0) is 5.41 Å². The molecular weight excluding hydrogens is 200 g/mol. The first-order chi connectivity index (χ1) is 6.82. The number of benzene rings is 1. The van der Waals surface area contributed by atoms with E-state index in [1.807, 2.05) is 0 Å². The Morgan fingerprint density at radius 3 is 2.47 bits per heavy atom. The van der Waals surface area contributed by atoms with Crippen LogP contribution in [0, 0.1) is 0 Å². The molecule has 1 aromatic rings. The van der Waals surface area contributed by atoms with Crippen LogP contribution in [0.5, 0.6) is 5.75 Å². The van der Waals surface area contributed by atoms with Crippen molar-refractivity contribution in [3.63, 3.8) is 0 Å². The van der Waals surface area contributed by atoms with E-state index in [2.05, 4.69) is 51.7 Å². The topological polar surface area (TPSA) is 9.23 Å². The van der Waals surface area contributed by atoms with E-state index in [-0.39, 0.29) is 5.41 Å². The van der Waals surface area contributed by atoms with Crippen LogP contribution in [0.15, 0.2) is 18.2 Å². The summed E-state index contributed by atoms with van der Waals surface area (Å²) in [5.74, 6) is 1.18. The summed E-state index contributed by atoms with van der Waals surface area (Å²) >= 11 is 0. The summed E-state index contributed by atoms with van der Waals surface area (Å²) < 4.78 is 5.91. The smallest absolute Gasteiger partial charge is 0.122 e. The first-order valence-electron chi connectivity index (χ1n) is 5.59. The molecule has 1 aliphatic rings. The van der Waals surface area contributed by atoms with Crippen molar-refractivity contribution in [1.29, 1.82) is 0 Å². The van der Waals surface area contributed by atoms with Gasteiger partial charge < -0.3 is 4.74 Å². The predicted octanol–water partition coefficient (Wildman–Crippen LogP) is 2.90. The molecule has 0 saturated carbocycles. The van der Waals surface area contributed by atoms with Crippen LogP contribution >= 0.6 is 0 Å². The van der Waals surface area contributed by atoms with Gasteiger partial charge in [-0.15, -0.1) is 0 Å². The molecule has 1 heterocycles. The van der Waals surface area contributed by atoms with Gasteiger partial charge >= 0.3 is 0 Å². The molecule has 2 rings (SSSR count). The standard InChI is InChI=1S/C13H20OSi/c1-13(2)9-14-12-10(13)7-6-8-11(12)15(3,4)5/h6-8H,9H2,1-5H3. The third kappa shape index (κ3) is 1.71. The summed E-state index contributed by atoms with van der Waals surface area (Å²) in [6.07, 6.45) is 0. The van der Waals surface area contributed by atoms with E-state index < -0.39 is 8.07 Å². The van der Waals surface area contributed by atoms with E-state index in [0.29, 0.717) is 0 Å². The van der Waals surface area contributed by atoms with Crippen molar-refractivity contribution in [2.45, 2.75) is 38.9 Å². The highest BCUT2D eigenvalue weighted by atomic mass is 28.3. The van der Waals surface area contributed by atoms with Crippen LogP contribution in [0.2, 0.25) is 19.6 Å². The third-order valence-electron chi connectivity index (χ3n) is 3.13. The second-order valence-corrected chi connectivity index (χ2v) is 11.1. The Morgan fingerprint density at radius 2 is 1.87 bits per heavy atom. The van der Waals surface area contributed by atoms with Crippen molar-refractivity contribution < 1.29 is 4.74 Å². The summed E-state index contributed by atoms with van der Waals surface area (Å²) in [5.41, 5.74) is 1.58. The first kappa shape index (κ1) is 10.7. The lowest BCUT2D eigenvalue weighted by Crippen LogP contribution is -2.38. The summed E-state index contributed by atoms with van der Waals surface area (Å²) in [5, 5.41) is 1.46. The number of ether oxygens (including phenoxy) is 1. The van der Waals surface area contributed by atoms with Gasteiger partial charge in [0.2, 0.25) is 0 Å². The molecule has 0 aromatic heterocycles. The largest absolute Gasteiger partial charge is 0.492 e. The first-order valence-corrected chi connectivity index (χ1v) is 9.09. The predicted molar refractivity (Wildman–Crippen MR) is 67.9 cm³/mol. The van der Waals surface area contributed by atoms with Crippen molar-refractivity contribution in [1.82, 2.24) is 0 Å². The summed E-state index contributed by atoms with van der Waals surface area (Å²) in [4.78, 5) is 0. The average molecular weight is 220 g/mol. The van der Waals surface area contributed by atoms with Gasteiger partial charge in [-0.25, -0.2) is 0 Å². The fourth-order valence-electron chi connectivity index (χ4n) is 2.15. The van der Waals surface area contributed by atoms with Crippen molar-refractivity contribution in [3.05, 3.63) is 23.8 Å². The Kier molecular flexibility index (Phi) is 2.23. The Morgan fingerprint density at radius 1 is 1.20 bits per heavy atom. The number of para-hydroxylation sites is 1. The summed E-state index contributed by atoms with van der Waals surface area (Å²) in [7, 11) is -1.28. The zero-order valence-electron chi connectivity index (χ0n) is 10.3. The Bertz CT molecular complexity index is 388. The molecule has 0 aliphatic carbocycles. The number of fused-ring (bicyclic) bond motifs is 1. The fourth-order valence-corrected chi connectivity index (χ4v) is 3.63. The Hall–Kier alpha value is -0.763. The maximum Gasteiger partial charge on any atom is 0.122 e. The van der Waals surface area contributed by atoms with E-state index in [1.165, 1.54) is 16.5 Å². The molecule has 0 radical (unpaired) electrons. The monoisotopic (exact) mass is 220 g/mol. The highest BCUT2D eigenvalue weighted by Gasteiger charge is 2.35. The van der Waals surface area contributed by atoms with Crippen LogP contribution < -0.4 is 9.92 Å². The van der Waals surface area contributed by atoms with E-state index in [9.17, 15) is 0 Å². The second-order valence-electron chi connectivity index (χ2n) is 6.10. The van der Waals surface area contributed by atoms with Crippen LogP contribution in [0.25, 0.3) is 0 Å². The zero-order chi connectivity index (χ0) is 11.3. The van der Waals surface area contributed by atoms with Gasteiger partial charge in [0.15, 0.2) is 0 Å². The van der Waals surface area contributed by atoms with Gasteiger partial charge in [-0.2, -0.15) is 0 Å². The number of hydrogen-bond donors (Lipinski definition) is 0. The van der Waals surface area contributed by atoms with Gasteiger partial charge in [0.25, 0.3) is 0 Å². The lowest BCUT2D eigenvalue weighted by Gasteiger charge is -2.20. The zero-order valence-corrected chi connectivity index (χ0v) is 11.3.